The summed E-state index contributed by atoms with van der Waals surface area (Å²) in [5.41, 5.74) is 0.446. The van der Waals surface area contributed by atoms with Crippen LogP contribution in [0.3, 0.4) is 0 Å². The second kappa shape index (κ2) is 5.96. The molecule has 0 aromatic carbocycles. The van der Waals surface area contributed by atoms with Crippen molar-refractivity contribution in [3.05, 3.63) is 32.7 Å². The van der Waals surface area contributed by atoms with Crippen molar-refractivity contribution >= 4 is 21.6 Å². The van der Waals surface area contributed by atoms with Crippen molar-refractivity contribution in [2.75, 3.05) is 5.32 Å². The van der Waals surface area contributed by atoms with E-state index in [1.165, 1.54) is 4.68 Å². The fraction of sp³-hybridized carbons (Fsp3) is 0.455. The third-order valence-electron chi connectivity index (χ3n) is 2.42. The third-order valence-corrected chi connectivity index (χ3v) is 3.19. The molecule has 19 heavy (non-hydrogen) atoms. The highest BCUT2D eigenvalue weighted by Crippen LogP contribution is 2.16. The maximum atomic E-state index is 12.0. The van der Waals surface area contributed by atoms with Crippen LogP contribution < -0.4 is 10.9 Å². The molecular weight excluding hydrogens is 314 g/mol. The molecule has 102 valence electrons. The molecule has 0 aliphatic carbocycles. The number of aryl methyl sites for hydroxylation is 2. The summed E-state index contributed by atoms with van der Waals surface area (Å²) >= 11 is 3.28. The van der Waals surface area contributed by atoms with E-state index in [0.29, 0.717) is 35.0 Å². The van der Waals surface area contributed by atoms with Gasteiger partial charge in [0.15, 0.2) is 5.82 Å². The minimum absolute atomic E-state index is 0.159. The Labute approximate surface area is 118 Å². The van der Waals surface area contributed by atoms with E-state index in [1.54, 1.807) is 13.1 Å². The molecule has 0 saturated heterocycles. The lowest BCUT2D eigenvalue weighted by atomic mass is 10.4. The van der Waals surface area contributed by atoms with Crippen molar-refractivity contribution in [2.24, 2.45) is 0 Å². The normalized spacial score (nSPS) is 10.7. The largest absolute Gasteiger partial charge is 0.374 e. The Morgan fingerprint density at radius 1 is 1.53 bits per heavy atom. The summed E-state index contributed by atoms with van der Waals surface area (Å²) in [5.74, 6) is 1.04. The molecule has 8 heteroatoms. The summed E-state index contributed by atoms with van der Waals surface area (Å²) in [5, 5.41) is 10.8. The zero-order valence-corrected chi connectivity index (χ0v) is 12.3. The fourth-order valence-corrected chi connectivity index (χ4v) is 1.99. The number of aromatic nitrogens is 4. The molecule has 0 saturated carbocycles. The second-order valence-corrected chi connectivity index (χ2v) is 4.78. The molecule has 0 atom stereocenters. The van der Waals surface area contributed by atoms with Crippen LogP contribution in [0.25, 0.3) is 0 Å². The number of nitrogens with zero attached hydrogens (tertiary/aromatic N) is 4. The Hall–Kier alpha value is -1.70. The number of halogens is 1. The molecule has 0 spiro atoms. The molecular formula is C11H14BrN5O2. The SMILES string of the molecule is CCCn1ncc(NCc2nc(C)no2)c(Br)c1=O. The highest BCUT2D eigenvalue weighted by Gasteiger charge is 2.09. The van der Waals surface area contributed by atoms with E-state index in [0.717, 1.165) is 6.42 Å². The van der Waals surface area contributed by atoms with E-state index in [1.807, 2.05) is 6.92 Å². The third kappa shape index (κ3) is 3.19. The smallest absolute Gasteiger partial charge is 0.283 e. The maximum absolute atomic E-state index is 12.0. The first-order valence-electron chi connectivity index (χ1n) is 5.90. The molecule has 0 amide bonds. The van der Waals surface area contributed by atoms with Crippen LogP contribution in [-0.2, 0) is 13.1 Å². The first-order chi connectivity index (χ1) is 9.11. The van der Waals surface area contributed by atoms with Crippen molar-refractivity contribution in [3.63, 3.8) is 0 Å². The van der Waals surface area contributed by atoms with E-state index >= 15 is 0 Å². The number of hydrogen-bond donors (Lipinski definition) is 1. The summed E-state index contributed by atoms with van der Waals surface area (Å²) < 4.78 is 6.85. The Morgan fingerprint density at radius 2 is 2.32 bits per heavy atom. The highest BCUT2D eigenvalue weighted by molar-refractivity contribution is 9.10. The second-order valence-electron chi connectivity index (χ2n) is 3.99. The lowest BCUT2D eigenvalue weighted by molar-refractivity contribution is 0.379. The van der Waals surface area contributed by atoms with Crippen molar-refractivity contribution < 1.29 is 4.52 Å². The van der Waals surface area contributed by atoms with Gasteiger partial charge in [-0.1, -0.05) is 12.1 Å². The number of anilines is 1. The minimum Gasteiger partial charge on any atom is -0.374 e. The number of nitrogens with one attached hydrogen (secondary N) is 1. The monoisotopic (exact) mass is 327 g/mol. The van der Waals surface area contributed by atoms with Gasteiger partial charge in [-0.05, 0) is 29.3 Å². The highest BCUT2D eigenvalue weighted by atomic mass is 79.9. The average molecular weight is 328 g/mol. The molecule has 0 unspecified atom stereocenters. The van der Waals surface area contributed by atoms with Crippen LogP contribution in [0.5, 0.6) is 0 Å². The maximum Gasteiger partial charge on any atom is 0.283 e. The lowest BCUT2D eigenvalue weighted by Crippen LogP contribution is -2.24. The van der Waals surface area contributed by atoms with Crippen LogP contribution in [0, 0.1) is 6.92 Å². The summed E-state index contributed by atoms with van der Waals surface area (Å²) in [7, 11) is 0. The van der Waals surface area contributed by atoms with Crippen molar-refractivity contribution in [2.45, 2.75) is 33.4 Å². The van der Waals surface area contributed by atoms with Crippen molar-refractivity contribution in [3.8, 4) is 0 Å². The molecule has 7 nitrogen and oxygen atoms in total. The molecule has 1 N–H and O–H groups in total. The summed E-state index contributed by atoms with van der Waals surface area (Å²) in [6.45, 7) is 4.68. The van der Waals surface area contributed by atoms with E-state index < -0.39 is 0 Å². The van der Waals surface area contributed by atoms with E-state index in [9.17, 15) is 4.79 Å². The summed E-state index contributed by atoms with van der Waals surface area (Å²) in [6, 6.07) is 0. The van der Waals surface area contributed by atoms with Gasteiger partial charge >= 0.3 is 0 Å². The molecule has 0 bridgehead atoms. The molecule has 2 aromatic rings. The zero-order chi connectivity index (χ0) is 13.8. The molecule has 0 radical (unpaired) electrons. The van der Waals surface area contributed by atoms with Crippen LogP contribution in [0.4, 0.5) is 5.69 Å². The van der Waals surface area contributed by atoms with Crippen LogP contribution >= 0.6 is 15.9 Å². The first-order valence-corrected chi connectivity index (χ1v) is 6.69. The predicted molar refractivity (Wildman–Crippen MR) is 72.8 cm³/mol. The van der Waals surface area contributed by atoms with Gasteiger partial charge in [-0.25, -0.2) is 4.68 Å². The molecule has 2 rings (SSSR count). The number of rotatable bonds is 5. The fourth-order valence-electron chi connectivity index (χ4n) is 1.54. The Morgan fingerprint density at radius 3 is 2.95 bits per heavy atom. The zero-order valence-electron chi connectivity index (χ0n) is 10.7. The van der Waals surface area contributed by atoms with Gasteiger partial charge in [0, 0.05) is 6.54 Å². The van der Waals surface area contributed by atoms with Gasteiger partial charge < -0.3 is 9.84 Å². The first kappa shape index (κ1) is 13.7. The lowest BCUT2D eigenvalue weighted by Gasteiger charge is -2.08. The van der Waals surface area contributed by atoms with Crippen molar-refractivity contribution in [1.29, 1.82) is 0 Å². The summed E-state index contributed by atoms with van der Waals surface area (Å²) in [6.07, 6.45) is 2.46. The van der Waals surface area contributed by atoms with Crippen LogP contribution in [0.2, 0.25) is 0 Å². The Balaban J connectivity index is 2.13. The average Bonchev–Trinajstić information content (AvgIpc) is 2.80. The number of hydrogen-bond acceptors (Lipinski definition) is 6. The van der Waals surface area contributed by atoms with Gasteiger partial charge in [-0.15, -0.1) is 0 Å². The molecule has 0 aliphatic rings. The van der Waals surface area contributed by atoms with Gasteiger partial charge in [-0.3, -0.25) is 4.79 Å². The van der Waals surface area contributed by atoms with E-state index in [2.05, 4.69) is 36.5 Å². The molecule has 2 heterocycles. The van der Waals surface area contributed by atoms with Gasteiger partial charge in [0.25, 0.3) is 5.56 Å². The standard InChI is InChI=1S/C11H14BrN5O2/c1-3-4-17-11(18)10(12)8(5-14-17)13-6-9-15-7(2)16-19-9/h5,13H,3-4,6H2,1-2H3. The van der Waals surface area contributed by atoms with Crippen molar-refractivity contribution in [1.82, 2.24) is 19.9 Å². The minimum atomic E-state index is -0.159. The van der Waals surface area contributed by atoms with Crippen LogP contribution in [0.15, 0.2) is 20.0 Å². The topological polar surface area (TPSA) is 85.8 Å². The van der Waals surface area contributed by atoms with Crippen LogP contribution in [0.1, 0.15) is 25.1 Å². The van der Waals surface area contributed by atoms with Gasteiger partial charge in [-0.2, -0.15) is 10.1 Å². The van der Waals surface area contributed by atoms with Gasteiger partial charge in [0.2, 0.25) is 5.89 Å². The van der Waals surface area contributed by atoms with Gasteiger partial charge in [0.1, 0.15) is 4.47 Å². The Bertz CT molecular complexity index is 622. The molecule has 0 fully saturated rings. The van der Waals surface area contributed by atoms with Crippen LogP contribution in [-0.4, -0.2) is 19.9 Å². The predicted octanol–water partition coefficient (Wildman–Crippen LogP) is 1.72. The quantitative estimate of drug-likeness (QED) is 0.899. The molecule has 2 aromatic heterocycles. The summed E-state index contributed by atoms with van der Waals surface area (Å²) in [4.78, 5) is 16.0. The molecule has 0 aliphatic heterocycles. The van der Waals surface area contributed by atoms with E-state index in [-0.39, 0.29) is 5.56 Å². The Kier molecular flexibility index (Phi) is 4.31. The van der Waals surface area contributed by atoms with Gasteiger partial charge in [0.05, 0.1) is 18.4 Å². The van der Waals surface area contributed by atoms with E-state index in [4.69, 9.17) is 4.52 Å².